The number of nitrogens with zero attached hydrogens (tertiary/aromatic N) is 2. The van der Waals surface area contributed by atoms with Crippen molar-refractivity contribution < 1.29 is 4.74 Å². The summed E-state index contributed by atoms with van der Waals surface area (Å²) in [5, 5.41) is 6.48. The van der Waals surface area contributed by atoms with E-state index in [1.54, 1.807) is 11.3 Å². The topological polar surface area (TPSA) is 39.1 Å². The van der Waals surface area contributed by atoms with Gasteiger partial charge in [-0.05, 0) is 25.0 Å². The van der Waals surface area contributed by atoms with Crippen LogP contribution in [0.15, 0.2) is 29.9 Å². The van der Waals surface area contributed by atoms with Gasteiger partial charge in [-0.2, -0.15) is 0 Å². The van der Waals surface area contributed by atoms with Crippen LogP contribution in [0.1, 0.15) is 18.5 Å². The highest BCUT2D eigenvalue weighted by atomic mass is 32.1. The third-order valence-electron chi connectivity index (χ3n) is 3.16. The Kier molecular flexibility index (Phi) is 3.73. The van der Waals surface area contributed by atoms with E-state index >= 15 is 0 Å². The molecule has 96 valence electrons. The molecule has 18 heavy (non-hydrogen) atoms. The lowest BCUT2D eigenvalue weighted by atomic mass is 10.2. The number of ether oxygens (including phenoxy) is 1. The van der Waals surface area contributed by atoms with E-state index in [9.17, 15) is 0 Å². The van der Waals surface area contributed by atoms with Gasteiger partial charge in [-0.15, -0.1) is 11.3 Å². The van der Waals surface area contributed by atoms with E-state index in [0.717, 1.165) is 24.8 Å². The molecule has 0 aliphatic carbocycles. The van der Waals surface area contributed by atoms with Crippen LogP contribution >= 0.6 is 11.3 Å². The van der Waals surface area contributed by atoms with Crippen LogP contribution in [0, 0.1) is 0 Å². The fourth-order valence-electron chi connectivity index (χ4n) is 2.25. The van der Waals surface area contributed by atoms with E-state index in [1.165, 1.54) is 18.5 Å². The quantitative estimate of drug-likeness (QED) is 0.899. The van der Waals surface area contributed by atoms with Gasteiger partial charge in [0.1, 0.15) is 0 Å². The van der Waals surface area contributed by atoms with Crippen LogP contribution in [0.25, 0.3) is 5.13 Å². The molecular weight excluding hydrogens is 246 g/mol. The van der Waals surface area contributed by atoms with Crippen molar-refractivity contribution >= 4 is 11.3 Å². The molecule has 4 nitrogen and oxygen atoms in total. The van der Waals surface area contributed by atoms with Gasteiger partial charge in [0, 0.05) is 43.2 Å². The lowest BCUT2D eigenvalue weighted by Gasteiger charge is -2.11. The van der Waals surface area contributed by atoms with E-state index in [2.05, 4.69) is 33.2 Å². The summed E-state index contributed by atoms with van der Waals surface area (Å²) >= 11 is 1.65. The standard InChI is InChI=1S/C13H17N3OS/c1-3-11(9-14-10-12-4-2-7-17-12)16(6-1)13-15-5-8-18-13/h1,3,5-6,8,12,14H,2,4,7,9-10H2. The Morgan fingerprint density at radius 3 is 3.33 bits per heavy atom. The molecular formula is C13H17N3OS. The van der Waals surface area contributed by atoms with Crippen LogP contribution in [0.5, 0.6) is 0 Å². The SMILES string of the molecule is c1cc(CNCC2CCCO2)n(-c2nccs2)c1. The Hall–Kier alpha value is -1.17. The predicted octanol–water partition coefficient (Wildman–Crippen LogP) is 2.20. The molecule has 0 saturated carbocycles. The molecule has 1 fully saturated rings. The van der Waals surface area contributed by atoms with Gasteiger partial charge in [-0.25, -0.2) is 4.98 Å². The van der Waals surface area contributed by atoms with Crippen LogP contribution < -0.4 is 5.32 Å². The zero-order chi connectivity index (χ0) is 12.2. The smallest absolute Gasteiger partial charge is 0.193 e. The second-order valence-corrected chi connectivity index (χ2v) is 5.32. The fourth-order valence-corrected chi connectivity index (χ4v) is 2.91. The van der Waals surface area contributed by atoms with Crippen LogP contribution in [-0.2, 0) is 11.3 Å². The first-order valence-corrected chi connectivity index (χ1v) is 7.20. The van der Waals surface area contributed by atoms with Crippen molar-refractivity contribution in [1.29, 1.82) is 0 Å². The average Bonchev–Trinajstić information content (AvgIpc) is 3.12. The second-order valence-electron chi connectivity index (χ2n) is 4.45. The van der Waals surface area contributed by atoms with E-state index in [1.807, 2.05) is 11.6 Å². The van der Waals surface area contributed by atoms with Gasteiger partial charge in [-0.1, -0.05) is 0 Å². The number of hydrogen-bond acceptors (Lipinski definition) is 4. The second kappa shape index (κ2) is 5.65. The van der Waals surface area contributed by atoms with Crippen LogP contribution in [0.4, 0.5) is 0 Å². The molecule has 0 bridgehead atoms. The third kappa shape index (κ3) is 2.63. The maximum absolute atomic E-state index is 5.60. The van der Waals surface area contributed by atoms with E-state index in [4.69, 9.17) is 4.74 Å². The zero-order valence-electron chi connectivity index (χ0n) is 10.2. The van der Waals surface area contributed by atoms with Crippen molar-refractivity contribution in [3.63, 3.8) is 0 Å². The van der Waals surface area contributed by atoms with Gasteiger partial charge >= 0.3 is 0 Å². The van der Waals surface area contributed by atoms with Gasteiger partial charge < -0.3 is 10.1 Å². The number of aromatic nitrogens is 2. The molecule has 0 radical (unpaired) electrons. The van der Waals surface area contributed by atoms with Gasteiger partial charge in [0.05, 0.1) is 6.10 Å². The molecule has 3 rings (SSSR count). The minimum absolute atomic E-state index is 0.397. The van der Waals surface area contributed by atoms with E-state index < -0.39 is 0 Å². The molecule has 2 aromatic heterocycles. The molecule has 1 aliphatic heterocycles. The number of nitrogens with one attached hydrogen (secondary N) is 1. The summed E-state index contributed by atoms with van der Waals surface area (Å²) in [5.74, 6) is 0. The third-order valence-corrected chi connectivity index (χ3v) is 3.93. The minimum Gasteiger partial charge on any atom is -0.377 e. The Morgan fingerprint density at radius 2 is 2.56 bits per heavy atom. The Morgan fingerprint density at radius 1 is 1.56 bits per heavy atom. The molecule has 1 aliphatic rings. The number of rotatable bonds is 5. The van der Waals surface area contributed by atoms with Crippen molar-refractivity contribution in [3.05, 3.63) is 35.6 Å². The molecule has 0 aromatic carbocycles. The van der Waals surface area contributed by atoms with Crippen LogP contribution in [0.3, 0.4) is 0 Å². The maximum atomic E-state index is 5.60. The first kappa shape index (κ1) is 11.9. The summed E-state index contributed by atoms with van der Waals surface area (Å²) in [6.45, 7) is 2.71. The van der Waals surface area contributed by atoms with Gasteiger partial charge in [0.25, 0.3) is 0 Å². The van der Waals surface area contributed by atoms with Gasteiger partial charge in [0.2, 0.25) is 0 Å². The van der Waals surface area contributed by atoms with Crippen molar-refractivity contribution in [2.24, 2.45) is 0 Å². The van der Waals surface area contributed by atoms with Crippen LogP contribution in [0.2, 0.25) is 0 Å². The van der Waals surface area contributed by atoms with Crippen molar-refractivity contribution in [3.8, 4) is 5.13 Å². The largest absolute Gasteiger partial charge is 0.377 e. The van der Waals surface area contributed by atoms with E-state index in [0.29, 0.717) is 6.10 Å². The van der Waals surface area contributed by atoms with Gasteiger partial charge in [-0.3, -0.25) is 4.57 Å². The Labute approximate surface area is 111 Å². The fraction of sp³-hybridized carbons (Fsp3) is 0.462. The summed E-state index contributed by atoms with van der Waals surface area (Å²) in [6.07, 6.45) is 6.67. The summed E-state index contributed by atoms with van der Waals surface area (Å²) in [7, 11) is 0. The van der Waals surface area contributed by atoms with E-state index in [-0.39, 0.29) is 0 Å². The summed E-state index contributed by atoms with van der Waals surface area (Å²) in [5.41, 5.74) is 1.24. The average molecular weight is 263 g/mol. The Bertz CT molecular complexity index is 474. The first-order chi connectivity index (χ1) is 8.93. The normalized spacial score (nSPS) is 19.4. The number of thiazole rings is 1. The molecule has 2 aromatic rings. The predicted molar refractivity (Wildman–Crippen MR) is 72.1 cm³/mol. The highest BCUT2D eigenvalue weighted by molar-refractivity contribution is 7.12. The van der Waals surface area contributed by atoms with Gasteiger partial charge in [0.15, 0.2) is 5.13 Å². The lowest BCUT2D eigenvalue weighted by molar-refractivity contribution is 0.110. The molecule has 1 saturated heterocycles. The first-order valence-electron chi connectivity index (χ1n) is 6.32. The monoisotopic (exact) mass is 263 g/mol. The Balaban J connectivity index is 1.58. The van der Waals surface area contributed by atoms with Crippen molar-refractivity contribution in [2.45, 2.75) is 25.5 Å². The molecule has 5 heteroatoms. The molecule has 1 unspecified atom stereocenters. The number of hydrogen-bond donors (Lipinski definition) is 1. The van der Waals surface area contributed by atoms with Crippen LogP contribution in [-0.4, -0.2) is 28.8 Å². The molecule has 3 heterocycles. The summed E-state index contributed by atoms with van der Waals surface area (Å²) in [4.78, 5) is 4.33. The minimum atomic E-state index is 0.397. The summed E-state index contributed by atoms with van der Waals surface area (Å²) in [6, 6.07) is 4.19. The molecule has 1 atom stereocenters. The molecule has 1 N–H and O–H groups in total. The molecule has 0 spiro atoms. The lowest BCUT2D eigenvalue weighted by Crippen LogP contribution is -2.26. The highest BCUT2D eigenvalue weighted by Crippen LogP contribution is 2.15. The highest BCUT2D eigenvalue weighted by Gasteiger charge is 2.14. The summed E-state index contributed by atoms with van der Waals surface area (Å²) < 4.78 is 7.73. The van der Waals surface area contributed by atoms with Crippen molar-refractivity contribution in [2.75, 3.05) is 13.2 Å². The maximum Gasteiger partial charge on any atom is 0.193 e. The zero-order valence-corrected chi connectivity index (χ0v) is 11.0. The van der Waals surface area contributed by atoms with Crippen molar-refractivity contribution in [1.82, 2.24) is 14.9 Å². The molecule has 0 amide bonds.